The molecule has 1 aromatic rings. The van der Waals surface area contributed by atoms with Crippen molar-refractivity contribution in [2.45, 2.75) is 24.6 Å². The fourth-order valence-electron chi connectivity index (χ4n) is 2.22. The van der Waals surface area contributed by atoms with Gasteiger partial charge in [-0.05, 0) is 31.0 Å². The Hall–Kier alpha value is -0.580. The summed E-state index contributed by atoms with van der Waals surface area (Å²) < 4.78 is 24.0. The van der Waals surface area contributed by atoms with Crippen LogP contribution in [0, 0.1) is 0 Å². The Morgan fingerprint density at radius 1 is 1.47 bits per heavy atom. The van der Waals surface area contributed by atoms with Crippen molar-refractivity contribution < 1.29 is 8.42 Å². The molecular weight excluding hydrogens is 258 g/mol. The molecule has 2 unspecified atom stereocenters. The third-order valence-corrected chi connectivity index (χ3v) is 5.70. The molecular formula is C12H16ClNO2S. The highest BCUT2D eigenvalue weighted by Gasteiger charge is 2.34. The van der Waals surface area contributed by atoms with Crippen molar-refractivity contribution in [1.82, 2.24) is 5.32 Å². The SMILES string of the molecule is CC1NCCS(=O)(=O)C1Cc1cccc(Cl)c1. The quantitative estimate of drug-likeness (QED) is 0.891. The van der Waals surface area contributed by atoms with Gasteiger partial charge in [-0.15, -0.1) is 0 Å². The topological polar surface area (TPSA) is 46.2 Å². The summed E-state index contributed by atoms with van der Waals surface area (Å²) in [5.74, 6) is 0.225. The van der Waals surface area contributed by atoms with E-state index in [1.54, 1.807) is 6.07 Å². The molecule has 0 spiro atoms. The van der Waals surface area contributed by atoms with E-state index in [0.29, 0.717) is 18.0 Å². The minimum absolute atomic E-state index is 0.00673. The second kappa shape index (κ2) is 4.96. The number of benzene rings is 1. The zero-order chi connectivity index (χ0) is 12.5. The van der Waals surface area contributed by atoms with Crippen LogP contribution in [0.3, 0.4) is 0 Å². The van der Waals surface area contributed by atoms with E-state index in [4.69, 9.17) is 11.6 Å². The van der Waals surface area contributed by atoms with Crippen LogP contribution < -0.4 is 5.32 Å². The van der Waals surface area contributed by atoms with E-state index in [-0.39, 0.29) is 17.0 Å². The van der Waals surface area contributed by atoms with Gasteiger partial charge in [0.25, 0.3) is 0 Å². The third-order valence-electron chi connectivity index (χ3n) is 3.20. The van der Waals surface area contributed by atoms with Gasteiger partial charge in [0.05, 0.1) is 11.0 Å². The van der Waals surface area contributed by atoms with Gasteiger partial charge < -0.3 is 5.32 Å². The molecule has 1 saturated heterocycles. The molecule has 3 nitrogen and oxygen atoms in total. The molecule has 0 amide bonds. The lowest BCUT2D eigenvalue weighted by atomic mass is 10.1. The van der Waals surface area contributed by atoms with Crippen molar-refractivity contribution in [3.63, 3.8) is 0 Å². The largest absolute Gasteiger partial charge is 0.312 e. The van der Waals surface area contributed by atoms with E-state index in [1.807, 2.05) is 25.1 Å². The first-order chi connectivity index (χ1) is 7.99. The summed E-state index contributed by atoms with van der Waals surface area (Å²) in [7, 11) is -2.99. The summed E-state index contributed by atoms with van der Waals surface area (Å²) in [6.07, 6.45) is 0.525. The predicted molar refractivity (Wildman–Crippen MR) is 70.2 cm³/mol. The molecule has 2 rings (SSSR count). The van der Waals surface area contributed by atoms with Crippen LogP contribution in [0.15, 0.2) is 24.3 Å². The summed E-state index contributed by atoms with van der Waals surface area (Å²) in [6.45, 7) is 2.47. The molecule has 2 atom stereocenters. The van der Waals surface area contributed by atoms with Gasteiger partial charge in [-0.1, -0.05) is 23.7 Å². The van der Waals surface area contributed by atoms with Crippen LogP contribution in [-0.4, -0.2) is 32.0 Å². The number of rotatable bonds is 2. The first kappa shape index (κ1) is 12.9. The monoisotopic (exact) mass is 273 g/mol. The lowest BCUT2D eigenvalue weighted by Gasteiger charge is -2.30. The second-order valence-electron chi connectivity index (χ2n) is 4.48. The molecule has 0 aromatic heterocycles. The van der Waals surface area contributed by atoms with E-state index in [1.165, 1.54) is 0 Å². The summed E-state index contributed by atoms with van der Waals surface area (Å²) in [5.41, 5.74) is 0.974. The fourth-order valence-corrected chi connectivity index (χ4v) is 4.31. The first-order valence-corrected chi connectivity index (χ1v) is 7.78. The van der Waals surface area contributed by atoms with Gasteiger partial charge in [0.15, 0.2) is 9.84 Å². The Morgan fingerprint density at radius 3 is 2.88 bits per heavy atom. The number of halogens is 1. The molecule has 1 aromatic carbocycles. The Labute approximate surface area is 107 Å². The van der Waals surface area contributed by atoms with Crippen molar-refractivity contribution in [2.75, 3.05) is 12.3 Å². The third kappa shape index (κ3) is 3.00. The Morgan fingerprint density at radius 2 is 2.24 bits per heavy atom. The van der Waals surface area contributed by atoms with Crippen molar-refractivity contribution >= 4 is 21.4 Å². The molecule has 1 heterocycles. The van der Waals surface area contributed by atoms with E-state index in [2.05, 4.69) is 5.32 Å². The van der Waals surface area contributed by atoms with Crippen molar-refractivity contribution in [2.24, 2.45) is 0 Å². The molecule has 1 N–H and O–H groups in total. The maximum atomic E-state index is 12.0. The van der Waals surface area contributed by atoms with Gasteiger partial charge in [0, 0.05) is 17.6 Å². The molecule has 17 heavy (non-hydrogen) atoms. The molecule has 1 aliphatic heterocycles. The highest BCUT2D eigenvalue weighted by Crippen LogP contribution is 2.19. The second-order valence-corrected chi connectivity index (χ2v) is 7.26. The van der Waals surface area contributed by atoms with Crippen LogP contribution in [0.2, 0.25) is 5.02 Å². The Balaban J connectivity index is 2.22. The maximum absolute atomic E-state index is 12.0. The van der Waals surface area contributed by atoms with Crippen LogP contribution in [-0.2, 0) is 16.3 Å². The minimum atomic E-state index is -2.99. The zero-order valence-electron chi connectivity index (χ0n) is 9.69. The van der Waals surface area contributed by atoms with E-state index in [0.717, 1.165) is 5.56 Å². The lowest BCUT2D eigenvalue weighted by Crippen LogP contribution is -2.51. The highest BCUT2D eigenvalue weighted by atomic mass is 35.5. The lowest BCUT2D eigenvalue weighted by molar-refractivity contribution is 0.478. The van der Waals surface area contributed by atoms with Crippen LogP contribution in [0.1, 0.15) is 12.5 Å². The van der Waals surface area contributed by atoms with Gasteiger partial charge in [-0.25, -0.2) is 8.42 Å². The van der Waals surface area contributed by atoms with Gasteiger partial charge in [-0.2, -0.15) is 0 Å². The minimum Gasteiger partial charge on any atom is -0.312 e. The van der Waals surface area contributed by atoms with Crippen molar-refractivity contribution in [3.8, 4) is 0 Å². The van der Waals surface area contributed by atoms with E-state index < -0.39 is 9.84 Å². The van der Waals surface area contributed by atoms with Crippen LogP contribution in [0.4, 0.5) is 0 Å². The zero-order valence-corrected chi connectivity index (χ0v) is 11.3. The number of nitrogens with one attached hydrogen (secondary N) is 1. The summed E-state index contributed by atoms with van der Waals surface area (Å²) in [6, 6.07) is 7.39. The standard InChI is InChI=1S/C12H16ClNO2S/c1-9-12(17(15,16)6-5-14-9)8-10-3-2-4-11(13)7-10/h2-4,7,9,12,14H,5-6,8H2,1H3. The van der Waals surface area contributed by atoms with Crippen molar-refractivity contribution in [1.29, 1.82) is 0 Å². The smallest absolute Gasteiger partial charge is 0.156 e. The van der Waals surface area contributed by atoms with Crippen LogP contribution >= 0.6 is 11.6 Å². The van der Waals surface area contributed by atoms with Gasteiger partial charge in [-0.3, -0.25) is 0 Å². The van der Waals surface area contributed by atoms with Crippen molar-refractivity contribution in [3.05, 3.63) is 34.9 Å². The van der Waals surface area contributed by atoms with Gasteiger partial charge in [0.2, 0.25) is 0 Å². The van der Waals surface area contributed by atoms with Gasteiger partial charge >= 0.3 is 0 Å². The maximum Gasteiger partial charge on any atom is 0.156 e. The van der Waals surface area contributed by atoms with E-state index >= 15 is 0 Å². The number of hydrogen-bond acceptors (Lipinski definition) is 3. The Kier molecular flexibility index (Phi) is 3.76. The molecule has 5 heteroatoms. The molecule has 94 valence electrons. The molecule has 0 radical (unpaired) electrons. The molecule has 1 fully saturated rings. The molecule has 0 bridgehead atoms. The number of hydrogen-bond donors (Lipinski definition) is 1. The predicted octanol–water partition coefficient (Wildman–Crippen LogP) is 1.66. The van der Waals surface area contributed by atoms with Crippen LogP contribution in [0.5, 0.6) is 0 Å². The summed E-state index contributed by atoms with van der Waals surface area (Å²) in [5, 5.41) is 3.51. The summed E-state index contributed by atoms with van der Waals surface area (Å²) >= 11 is 5.90. The average Bonchev–Trinajstić information content (AvgIpc) is 2.23. The van der Waals surface area contributed by atoms with E-state index in [9.17, 15) is 8.42 Å². The first-order valence-electron chi connectivity index (χ1n) is 5.68. The van der Waals surface area contributed by atoms with Gasteiger partial charge in [0.1, 0.15) is 0 Å². The van der Waals surface area contributed by atoms with Crippen LogP contribution in [0.25, 0.3) is 0 Å². The molecule has 0 saturated carbocycles. The molecule has 0 aliphatic carbocycles. The Bertz CT molecular complexity index is 501. The highest BCUT2D eigenvalue weighted by molar-refractivity contribution is 7.92. The fraction of sp³-hybridized carbons (Fsp3) is 0.500. The number of sulfone groups is 1. The molecule has 1 aliphatic rings. The average molecular weight is 274 g/mol. The normalized spacial score (nSPS) is 27.9. The summed E-state index contributed by atoms with van der Waals surface area (Å²) in [4.78, 5) is 0.